The minimum absolute atomic E-state index is 0.225. The Balaban J connectivity index is 4.03. The van der Waals surface area contributed by atoms with Crippen molar-refractivity contribution in [3.63, 3.8) is 0 Å². The molecule has 2 N–H and O–H groups in total. The molecule has 0 rings (SSSR count). The number of rotatable bonds is 3. The van der Waals surface area contributed by atoms with E-state index in [9.17, 15) is 9.18 Å². The van der Waals surface area contributed by atoms with Gasteiger partial charge in [-0.3, -0.25) is 4.79 Å². The first-order chi connectivity index (χ1) is 4.89. The number of hydrogen-bond acceptors (Lipinski definition) is 3. The average Bonchev–Trinajstić information content (AvgIpc) is 1.85. The Morgan fingerprint density at radius 1 is 1.73 bits per heavy atom. The Labute approximate surface area is 65.7 Å². The standard InChI is InChI=1S/C7H14FNO2/c1-4-11-6(10)5(9)7(2,3)8/h5H,4,9H2,1-3H3/t5-/m1/s1. The number of nitrogens with two attached hydrogens (primary N) is 1. The van der Waals surface area contributed by atoms with E-state index in [0.29, 0.717) is 0 Å². The zero-order chi connectivity index (χ0) is 9.07. The maximum atomic E-state index is 12.9. The fourth-order valence-corrected chi connectivity index (χ4v) is 0.512. The second kappa shape index (κ2) is 3.67. The van der Waals surface area contributed by atoms with Gasteiger partial charge in [-0.15, -0.1) is 0 Å². The number of esters is 1. The molecular formula is C7H14FNO2. The normalized spacial score (nSPS) is 14.3. The first kappa shape index (κ1) is 10.4. The van der Waals surface area contributed by atoms with Crippen molar-refractivity contribution in [3.8, 4) is 0 Å². The molecule has 0 aliphatic carbocycles. The zero-order valence-corrected chi connectivity index (χ0v) is 7.06. The Morgan fingerprint density at radius 3 is 2.45 bits per heavy atom. The minimum atomic E-state index is -1.72. The van der Waals surface area contributed by atoms with E-state index in [1.807, 2.05) is 0 Å². The van der Waals surface area contributed by atoms with Gasteiger partial charge in [-0.05, 0) is 20.8 Å². The summed E-state index contributed by atoms with van der Waals surface area (Å²) in [5, 5.41) is 0. The molecule has 0 amide bonds. The monoisotopic (exact) mass is 163 g/mol. The van der Waals surface area contributed by atoms with E-state index >= 15 is 0 Å². The van der Waals surface area contributed by atoms with Crippen LogP contribution >= 0.6 is 0 Å². The van der Waals surface area contributed by atoms with E-state index in [2.05, 4.69) is 4.74 Å². The van der Waals surface area contributed by atoms with Crippen LogP contribution < -0.4 is 5.73 Å². The van der Waals surface area contributed by atoms with Crippen molar-refractivity contribution in [1.82, 2.24) is 0 Å². The smallest absolute Gasteiger partial charge is 0.326 e. The third-order valence-electron chi connectivity index (χ3n) is 1.28. The maximum Gasteiger partial charge on any atom is 0.326 e. The van der Waals surface area contributed by atoms with Crippen LogP contribution in [0, 0.1) is 0 Å². The summed E-state index contributed by atoms with van der Waals surface area (Å²) >= 11 is 0. The van der Waals surface area contributed by atoms with Crippen LogP contribution in [-0.4, -0.2) is 24.3 Å². The number of carbonyl (C=O) groups excluding carboxylic acids is 1. The molecular weight excluding hydrogens is 149 g/mol. The van der Waals surface area contributed by atoms with Gasteiger partial charge in [0.15, 0.2) is 0 Å². The van der Waals surface area contributed by atoms with Gasteiger partial charge in [0.05, 0.1) is 6.61 Å². The van der Waals surface area contributed by atoms with Crippen LogP contribution in [0.1, 0.15) is 20.8 Å². The molecule has 0 heterocycles. The molecule has 0 fully saturated rings. The van der Waals surface area contributed by atoms with E-state index in [0.717, 1.165) is 0 Å². The third-order valence-corrected chi connectivity index (χ3v) is 1.28. The molecule has 0 bridgehead atoms. The van der Waals surface area contributed by atoms with Crippen LogP contribution in [0.2, 0.25) is 0 Å². The summed E-state index contributed by atoms with van der Waals surface area (Å²) in [6.45, 7) is 4.36. The highest BCUT2D eigenvalue weighted by Crippen LogP contribution is 2.13. The Bertz CT molecular complexity index is 142. The third kappa shape index (κ3) is 3.32. The van der Waals surface area contributed by atoms with E-state index in [4.69, 9.17) is 5.73 Å². The molecule has 0 saturated heterocycles. The van der Waals surface area contributed by atoms with Crippen LogP contribution in [0.3, 0.4) is 0 Å². The van der Waals surface area contributed by atoms with Crippen molar-refractivity contribution >= 4 is 5.97 Å². The second-order valence-corrected chi connectivity index (χ2v) is 2.79. The summed E-state index contributed by atoms with van der Waals surface area (Å²) in [7, 11) is 0. The van der Waals surface area contributed by atoms with Crippen molar-refractivity contribution in [2.24, 2.45) is 5.73 Å². The SMILES string of the molecule is CCOC(=O)[C@@H](N)C(C)(C)F. The quantitative estimate of drug-likeness (QED) is 0.621. The van der Waals surface area contributed by atoms with Gasteiger partial charge in [-0.25, -0.2) is 4.39 Å². The molecule has 0 saturated carbocycles. The van der Waals surface area contributed by atoms with E-state index < -0.39 is 17.7 Å². The first-order valence-corrected chi connectivity index (χ1v) is 3.50. The predicted octanol–water partition coefficient (Wildman–Crippen LogP) is 0.625. The molecule has 0 aromatic rings. The number of ether oxygens (including phenoxy) is 1. The van der Waals surface area contributed by atoms with E-state index in [1.54, 1.807) is 6.92 Å². The molecule has 0 aromatic carbocycles. The van der Waals surface area contributed by atoms with Gasteiger partial charge in [0.1, 0.15) is 11.7 Å². The fraction of sp³-hybridized carbons (Fsp3) is 0.857. The summed E-state index contributed by atoms with van der Waals surface area (Å²) in [4.78, 5) is 10.8. The highest BCUT2D eigenvalue weighted by molar-refractivity contribution is 5.76. The van der Waals surface area contributed by atoms with Crippen LogP contribution in [0.15, 0.2) is 0 Å². The Hall–Kier alpha value is -0.640. The molecule has 0 spiro atoms. The lowest BCUT2D eigenvalue weighted by Crippen LogP contribution is -2.46. The Morgan fingerprint density at radius 2 is 2.18 bits per heavy atom. The topological polar surface area (TPSA) is 52.3 Å². The largest absolute Gasteiger partial charge is 0.465 e. The molecule has 1 atom stereocenters. The van der Waals surface area contributed by atoms with Gasteiger partial charge in [0.25, 0.3) is 0 Å². The van der Waals surface area contributed by atoms with Crippen molar-refractivity contribution in [2.75, 3.05) is 6.61 Å². The predicted molar refractivity (Wildman–Crippen MR) is 39.8 cm³/mol. The van der Waals surface area contributed by atoms with Crippen molar-refractivity contribution in [2.45, 2.75) is 32.5 Å². The molecule has 0 unspecified atom stereocenters. The van der Waals surface area contributed by atoms with Crippen molar-refractivity contribution < 1.29 is 13.9 Å². The first-order valence-electron chi connectivity index (χ1n) is 3.50. The van der Waals surface area contributed by atoms with Gasteiger partial charge in [-0.2, -0.15) is 0 Å². The molecule has 0 radical (unpaired) electrons. The lowest BCUT2D eigenvalue weighted by atomic mass is 10.0. The minimum Gasteiger partial charge on any atom is -0.465 e. The summed E-state index contributed by atoms with van der Waals surface area (Å²) in [5.74, 6) is -0.694. The molecule has 0 aliphatic heterocycles. The maximum absolute atomic E-state index is 12.9. The lowest BCUT2D eigenvalue weighted by molar-refractivity contribution is -0.147. The van der Waals surface area contributed by atoms with Crippen LogP contribution in [-0.2, 0) is 9.53 Å². The van der Waals surface area contributed by atoms with Gasteiger partial charge < -0.3 is 10.5 Å². The fourth-order valence-electron chi connectivity index (χ4n) is 0.512. The molecule has 4 heteroatoms. The van der Waals surface area contributed by atoms with Crippen LogP contribution in [0.5, 0.6) is 0 Å². The summed E-state index contributed by atoms with van der Waals surface area (Å²) in [5.41, 5.74) is 3.51. The average molecular weight is 163 g/mol. The van der Waals surface area contributed by atoms with Crippen LogP contribution in [0.25, 0.3) is 0 Å². The Kier molecular flexibility index (Phi) is 3.45. The highest BCUT2D eigenvalue weighted by Gasteiger charge is 2.32. The molecule has 0 aromatic heterocycles. The zero-order valence-electron chi connectivity index (χ0n) is 7.06. The van der Waals surface area contributed by atoms with Gasteiger partial charge in [-0.1, -0.05) is 0 Å². The summed E-state index contributed by atoms with van der Waals surface area (Å²) in [6, 6.07) is -1.19. The molecule has 0 aliphatic rings. The highest BCUT2D eigenvalue weighted by atomic mass is 19.1. The van der Waals surface area contributed by atoms with E-state index in [-0.39, 0.29) is 6.61 Å². The van der Waals surface area contributed by atoms with Crippen LogP contribution in [0.4, 0.5) is 4.39 Å². The molecule has 3 nitrogen and oxygen atoms in total. The summed E-state index contributed by atoms with van der Waals surface area (Å²) < 4.78 is 17.5. The molecule has 11 heavy (non-hydrogen) atoms. The van der Waals surface area contributed by atoms with Crippen molar-refractivity contribution in [3.05, 3.63) is 0 Å². The van der Waals surface area contributed by atoms with Gasteiger partial charge >= 0.3 is 5.97 Å². The lowest BCUT2D eigenvalue weighted by Gasteiger charge is -2.20. The number of halogens is 1. The summed E-state index contributed by atoms with van der Waals surface area (Å²) in [6.07, 6.45) is 0. The van der Waals surface area contributed by atoms with E-state index in [1.165, 1.54) is 13.8 Å². The van der Waals surface area contributed by atoms with Gasteiger partial charge in [0.2, 0.25) is 0 Å². The van der Waals surface area contributed by atoms with Gasteiger partial charge in [0, 0.05) is 0 Å². The molecule has 66 valence electrons. The number of alkyl halides is 1. The number of hydrogen-bond donors (Lipinski definition) is 1. The second-order valence-electron chi connectivity index (χ2n) is 2.79. The number of carbonyl (C=O) groups is 1. The van der Waals surface area contributed by atoms with Crippen molar-refractivity contribution in [1.29, 1.82) is 0 Å².